The fraction of sp³-hybridized carbons (Fsp3) is 0.400. The average molecular weight is 226 g/mol. The van der Waals surface area contributed by atoms with Gasteiger partial charge in [-0.3, -0.25) is 0 Å². The molecule has 0 aromatic carbocycles. The van der Waals surface area contributed by atoms with Gasteiger partial charge in [0.2, 0.25) is 0 Å². The number of rotatable bonds is 4. The zero-order valence-corrected chi connectivity index (χ0v) is 9.63. The molecule has 1 aromatic heterocycles. The highest BCUT2D eigenvalue weighted by Gasteiger charge is 2.06. The molecule has 0 saturated heterocycles. The van der Waals surface area contributed by atoms with Crippen LogP contribution in [0.25, 0.3) is 0 Å². The maximum absolute atomic E-state index is 11.2. The van der Waals surface area contributed by atoms with Crippen molar-refractivity contribution in [3.8, 4) is 0 Å². The van der Waals surface area contributed by atoms with Gasteiger partial charge in [0.05, 0.1) is 17.8 Å². The van der Waals surface area contributed by atoms with Crippen LogP contribution in [-0.2, 0) is 16.0 Å². The van der Waals surface area contributed by atoms with Crippen molar-refractivity contribution in [1.82, 2.24) is 4.98 Å². The number of carbonyl (C=O) groups excluding carboxylic acids is 1. The van der Waals surface area contributed by atoms with E-state index in [1.54, 1.807) is 23.8 Å². The molecule has 0 aliphatic heterocycles. The normalized spacial score (nSPS) is 11.5. The number of nitrogens with zero attached hydrogens (tertiary/aromatic N) is 1. The molecule has 5 heteroatoms. The molecule has 0 saturated carbocycles. The Kier molecular flexibility index (Phi) is 4.30. The number of nitrogens with two attached hydrogens (primary N) is 1. The van der Waals surface area contributed by atoms with E-state index in [0.717, 1.165) is 10.6 Å². The number of aryl methyl sites for hydroxylation is 1. The minimum atomic E-state index is -0.459. The molecule has 1 rings (SSSR count). The maximum Gasteiger partial charge on any atom is 0.353 e. The lowest BCUT2D eigenvalue weighted by atomic mass is 10.3. The van der Waals surface area contributed by atoms with Crippen molar-refractivity contribution >= 4 is 17.3 Å². The van der Waals surface area contributed by atoms with Crippen LogP contribution in [0.2, 0.25) is 0 Å². The average Bonchev–Trinajstić information content (AvgIpc) is 2.63. The minimum absolute atomic E-state index is 0.149. The Bertz CT molecular complexity index is 371. The molecule has 0 fully saturated rings. The van der Waals surface area contributed by atoms with Crippen LogP contribution in [0.1, 0.15) is 17.5 Å². The summed E-state index contributed by atoms with van der Waals surface area (Å²) in [4.78, 5) is 16.4. The van der Waals surface area contributed by atoms with Crippen LogP contribution in [0.3, 0.4) is 0 Å². The van der Waals surface area contributed by atoms with E-state index in [9.17, 15) is 4.79 Å². The van der Waals surface area contributed by atoms with E-state index in [1.165, 1.54) is 6.08 Å². The Morgan fingerprint density at radius 1 is 1.73 bits per heavy atom. The first kappa shape index (κ1) is 11.7. The van der Waals surface area contributed by atoms with E-state index < -0.39 is 5.97 Å². The van der Waals surface area contributed by atoms with E-state index in [1.807, 2.05) is 6.92 Å². The monoisotopic (exact) mass is 226 g/mol. The largest absolute Gasteiger partial charge is 0.461 e. The predicted octanol–water partition coefficient (Wildman–Crippen LogP) is 1.40. The molecule has 0 radical (unpaired) electrons. The summed E-state index contributed by atoms with van der Waals surface area (Å²) in [5, 5.41) is 0. The third kappa shape index (κ3) is 3.36. The SMILES string of the molecule is C/C=C(\N)C(=O)OCCc1scnc1C. The summed E-state index contributed by atoms with van der Waals surface area (Å²) in [5.74, 6) is -0.459. The van der Waals surface area contributed by atoms with Gasteiger partial charge in [0, 0.05) is 11.3 Å². The van der Waals surface area contributed by atoms with Crippen molar-refractivity contribution in [2.24, 2.45) is 5.73 Å². The summed E-state index contributed by atoms with van der Waals surface area (Å²) in [6.45, 7) is 3.98. The van der Waals surface area contributed by atoms with Gasteiger partial charge in [0.1, 0.15) is 5.70 Å². The molecule has 4 nitrogen and oxygen atoms in total. The van der Waals surface area contributed by atoms with Gasteiger partial charge in [-0.05, 0) is 13.8 Å². The quantitative estimate of drug-likeness (QED) is 0.622. The number of carbonyl (C=O) groups is 1. The van der Waals surface area contributed by atoms with E-state index in [0.29, 0.717) is 13.0 Å². The third-order valence-electron chi connectivity index (χ3n) is 1.95. The van der Waals surface area contributed by atoms with Crippen LogP contribution in [0, 0.1) is 6.92 Å². The Morgan fingerprint density at radius 2 is 2.47 bits per heavy atom. The summed E-state index contributed by atoms with van der Waals surface area (Å²) >= 11 is 1.57. The van der Waals surface area contributed by atoms with Crippen molar-refractivity contribution in [1.29, 1.82) is 0 Å². The first-order valence-electron chi connectivity index (χ1n) is 4.63. The predicted molar refractivity (Wildman–Crippen MR) is 59.5 cm³/mol. The van der Waals surface area contributed by atoms with Crippen LogP contribution >= 0.6 is 11.3 Å². The third-order valence-corrected chi connectivity index (χ3v) is 2.95. The molecule has 15 heavy (non-hydrogen) atoms. The Labute approximate surface area is 92.8 Å². The summed E-state index contributed by atoms with van der Waals surface area (Å²) in [6, 6.07) is 0. The van der Waals surface area contributed by atoms with Crippen molar-refractivity contribution in [2.75, 3.05) is 6.61 Å². The fourth-order valence-electron chi connectivity index (χ4n) is 1.00. The van der Waals surface area contributed by atoms with Gasteiger partial charge in [-0.2, -0.15) is 0 Å². The van der Waals surface area contributed by atoms with Gasteiger partial charge in [-0.25, -0.2) is 9.78 Å². The number of hydrogen-bond donors (Lipinski definition) is 1. The highest BCUT2D eigenvalue weighted by molar-refractivity contribution is 7.09. The lowest BCUT2D eigenvalue weighted by Crippen LogP contribution is -2.15. The second-order valence-electron chi connectivity index (χ2n) is 2.99. The number of thiazole rings is 1. The maximum atomic E-state index is 11.2. The Morgan fingerprint density at radius 3 is 3.00 bits per heavy atom. The highest BCUT2D eigenvalue weighted by Crippen LogP contribution is 2.12. The van der Waals surface area contributed by atoms with Gasteiger partial charge >= 0.3 is 5.97 Å². The summed E-state index contributed by atoms with van der Waals surface area (Å²) in [6.07, 6.45) is 2.22. The van der Waals surface area contributed by atoms with Crippen molar-refractivity contribution < 1.29 is 9.53 Å². The van der Waals surface area contributed by atoms with Gasteiger partial charge < -0.3 is 10.5 Å². The van der Waals surface area contributed by atoms with E-state index >= 15 is 0 Å². The van der Waals surface area contributed by atoms with Gasteiger partial charge in [0.15, 0.2) is 0 Å². The lowest BCUT2D eigenvalue weighted by Gasteiger charge is -2.03. The van der Waals surface area contributed by atoms with E-state index in [2.05, 4.69) is 4.98 Å². The molecule has 82 valence electrons. The number of hydrogen-bond acceptors (Lipinski definition) is 5. The molecular formula is C10H14N2O2S. The molecular weight excluding hydrogens is 212 g/mol. The van der Waals surface area contributed by atoms with Crippen molar-refractivity contribution in [3.05, 3.63) is 27.9 Å². The van der Waals surface area contributed by atoms with Gasteiger partial charge in [-0.1, -0.05) is 6.08 Å². The second kappa shape index (κ2) is 5.50. The molecule has 0 aliphatic carbocycles. The van der Waals surface area contributed by atoms with Gasteiger partial charge in [0.25, 0.3) is 0 Å². The van der Waals surface area contributed by atoms with E-state index in [4.69, 9.17) is 10.5 Å². The first-order valence-corrected chi connectivity index (χ1v) is 5.51. The van der Waals surface area contributed by atoms with Crippen LogP contribution in [0.15, 0.2) is 17.3 Å². The van der Waals surface area contributed by atoms with Crippen molar-refractivity contribution in [2.45, 2.75) is 20.3 Å². The summed E-state index contributed by atoms with van der Waals surface area (Å²) in [5.41, 5.74) is 8.31. The molecule has 1 aromatic rings. The first-order chi connectivity index (χ1) is 7.15. The number of allylic oxidation sites excluding steroid dienone is 1. The second-order valence-corrected chi connectivity index (χ2v) is 3.93. The topological polar surface area (TPSA) is 65.2 Å². The number of esters is 1. The zero-order chi connectivity index (χ0) is 11.3. The standard InChI is InChI=1S/C10H14N2O2S/c1-3-8(11)10(13)14-5-4-9-7(2)12-6-15-9/h3,6H,4-5,11H2,1-2H3/b8-3-. The summed E-state index contributed by atoms with van der Waals surface area (Å²) < 4.78 is 4.97. The van der Waals surface area contributed by atoms with Crippen LogP contribution < -0.4 is 5.73 Å². The molecule has 1 heterocycles. The molecule has 0 amide bonds. The number of ether oxygens (including phenoxy) is 1. The molecule has 0 atom stereocenters. The molecule has 0 aliphatic rings. The van der Waals surface area contributed by atoms with Crippen molar-refractivity contribution in [3.63, 3.8) is 0 Å². The van der Waals surface area contributed by atoms with Crippen LogP contribution in [0.5, 0.6) is 0 Å². The smallest absolute Gasteiger partial charge is 0.353 e. The molecule has 0 spiro atoms. The highest BCUT2D eigenvalue weighted by atomic mass is 32.1. The lowest BCUT2D eigenvalue weighted by molar-refractivity contribution is -0.139. The summed E-state index contributed by atoms with van der Waals surface area (Å²) in [7, 11) is 0. The fourth-order valence-corrected chi connectivity index (χ4v) is 1.77. The van der Waals surface area contributed by atoms with Crippen LogP contribution in [0.4, 0.5) is 0 Å². The minimum Gasteiger partial charge on any atom is -0.461 e. The van der Waals surface area contributed by atoms with E-state index in [-0.39, 0.29) is 5.70 Å². The Balaban J connectivity index is 2.34. The zero-order valence-electron chi connectivity index (χ0n) is 8.82. The van der Waals surface area contributed by atoms with Crippen LogP contribution in [-0.4, -0.2) is 17.6 Å². The molecule has 0 bridgehead atoms. The van der Waals surface area contributed by atoms with Gasteiger partial charge in [-0.15, -0.1) is 11.3 Å². The Hall–Kier alpha value is -1.36. The molecule has 2 N–H and O–H groups in total. The molecule has 0 unspecified atom stereocenters. The number of aromatic nitrogens is 1.